The van der Waals surface area contributed by atoms with Crippen LogP contribution in [0.1, 0.15) is 36.2 Å². The zero-order valence-corrected chi connectivity index (χ0v) is 15.2. The minimum Gasteiger partial charge on any atom is -0.492 e. The summed E-state index contributed by atoms with van der Waals surface area (Å²) < 4.78 is 22.4. The molecule has 1 aliphatic heterocycles. The van der Waals surface area contributed by atoms with Gasteiger partial charge in [0.2, 0.25) is 5.43 Å². The number of aromatic nitrogens is 1. The van der Waals surface area contributed by atoms with Crippen LogP contribution in [0.25, 0.3) is 10.9 Å². The molecule has 2 atom stereocenters. The van der Waals surface area contributed by atoms with E-state index in [4.69, 9.17) is 10.5 Å². The van der Waals surface area contributed by atoms with E-state index < -0.39 is 17.2 Å². The highest BCUT2D eigenvalue weighted by molar-refractivity contribution is 5.97. The third-order valence-corrected chi connectivity index (χ3v) is 5.56. The van der Waals surface area contributed by atoms with E-state index in [0.717, 1.165) is 18.9 Å². The van der Waals surface area contributed by atoms with Gasteiger partial charge in [0.05, 0.1) is 18.0 Å². The van der Waals surface area contributed by atoms with Gasteiger partial charge in [-0.3, -0.25) is 4.79 Å². The summed E-state index contributed by atoms with van der Waals surface area (Å²) in [7, 11) is 1.43. The first-order valence-electron chi connectivity index (χ1n) is 9.02. The number of methoxy groups -OCH3 is 1. The van der Waals surface area contributed by atoms with Gasteiger partial charge in [-0.05, 0) is 24.8 Å². The molecule has 0 amide bonds. The lowest BCUT2D eigenvalue weighted by atomic mass is 10.1. The monoisotopic (exact) mass is 375 g/mol. The van der Waals surface area contributed by atoms with Crippen molar-refractivity contribution < 1.29 is 19.0 Å². The Morgan fingerprint density at radius 3 is 2.59 bits per heavy atom. The molecule has 0 unspecified atom stereocenters. The summed E-state index contributed by atoms with van der Waals surface area (Å²) in [6, 6.07) is 1.14. The van der Waals surface area contributed by atoms with Crippen LogP contribution in [0.3, 0.4) is 0 Å². The van der Waals surface area contributed by atoms with Gasteiger partial charge >= 0.3 is 5.97 Å². The highest BCUT2D eigenvalue weighted by atomic mass is 19.1. The second kappa shape index (κ2) is 6.23. The number of hydrogen-bond acceptors (Lipinski definition) is 5. The summed E-state index contributed by atoms with van der Waals surface area (Å²) in [6.45, 7) is 3.08. The maximum Gasteiger partial charge on any atom is 0.341 e. The number of nitrogens with two attached hydrogens (primary N) is 1. The van der Waals surface area contributed by atoms with Crippen LogP contribution < -0.4 is 20.8 Å². The minimum atomic E-state index is -1.32. The van der Waals surface area contributed by atoms with Crippen molar-refractivity contribution in [3.63, 3.8) is 0 Å². The van der Waals surface area contributed by atoms with Crippen molar-refractivity contribution in [1.82, 2.24) is 4.57 Å². The number of rotatable bonds is 4. The molecular weight excluding hydrogens is 353 g/mol. The zero-order valence-electron chi connectivity index (χ0n) is 15.2. The van der Waals surface area contributed by atoms with Crippen LogP contribution in [-0.4, -0.2) is 41.9 Å². The standard InChI is InChI=1S/C19H22FN3O4/c1-9-6-22(8-14(9)21)16-13(20)5-11-15(18(16)27-2)23(10-3-4-10)7-12(17(11)24)19(25)26/h5,7,9-10,14H,3-4,6,8,21H2,1-2H3,(H,25,26)/t9-,14-/m0/s1. The Morgan fingerprint density at radius 1 is 1.37 bits per heavy atom. The second-order valence-electron chi connectivity index (χ2n) is 7.50. The van der Waals surface area contributed by atoms with E-state index >= 15 is 4.39 Å². The number of carbonyl (C=O) groups is 1. The fourth-order valence-corrected chi connectivity index (χ4v) is 3.90. The summed E-state index contributed by atoms with van der Waals surface area (Å²) in [4.78, 5) is 26.0. The Hall–Kier alpha value is -2.61. The van der Waals surface area contributed by atoms with E-state index in [1.165, 1.54) is 13.3 Å². The molecule has 1 saturated carbocycles. The third-order valence-electron chi connectivity index (χ3n) is 5.56. The van der Waals surface area contributed by atoms with Gasteiger partial charge in [0.15, 0.2) is 11.6 Å². The average Bonchev–Trinajstić information content (AvgIpc) is 3.40. The highest BCUT2D eigenvalue weighted by Crippen LogP contribution is 2.44. The van der Waals surface area contributed by atoms with Crippen LogP contribution in [0.15, 0.2) is 17.1 Å². The lowest BCUT2D eigenvalue weighted by molar-refractivity contribution is 0.0695. The van der Waals surface area contributed by atoms with Crippen molar-refractivity contribution in [3.8, 4) is 5.75 Å². The van der Waals surface area contributed by atoms with Crippen molar-refractivity contribution in [2.45, 2.75) is 31.8 Å². The predicted molar refractivity (Wildman–Crippen MR) is 99.3 cm³/mol. The molecule has 144 valence electrons. The van der Waals surface area contributed by atoms with Gasteiger partial charge in [-0.1, -0.05) is 6.92 Å². The molecule has 1 saturated heterocycles. The van der Waals surface area contributed by atoms with Gasteiger partial charge in [-0.15, -0.1) is 0 Å². The molecule has 7 nitrogen and oxygen atoms in total. The van der Waals surface area contributed by atoms with Crippen molar-refractivity contribution >= 4 is 22.6 Å². The average molecular weight is 375 g/mol. The second-order valence-corrected chi connectivity index (χ2v) is 7.50. The summed E-state index contributed by atoms with van der Waals surface area (Å²) in [5, 5.41) is 9.40. The lowest BCUT2D eigenvalue weighted by Crippen LogP contribution is -2.29. The number of benzene rings is 1. The SMILES string of the molecule is COc1c(N2C[C@H](C)[C@@H](N)C2)c(F)cc2c(=O)c(C(=O)O)cn(C3CC3)c12. The number of anilines is 1. The number of hydrogen-bond donors (Lipinski definition) is 2. The molecular formula is C19H22FN3O4. The van der Waals surface area contributed by atoms with Gasteiger partial charge in [0, 0.05) is 31.4 Å². The zero-order chi connectivity index (χ0) is 19.5. The van der Waals surface area contributed by atoms with Gasteiger partial charge in [-0.2, -0.15) is 0 Å². The summed E-state index contributed by atoms with van der Waals surface area (Å²) in [5.41, 5.74) is 5.76. The highest BCUT2D eigenvalue weighted by Gasteiger charge is 2.34. The van der Waals surface area contributed by atoms with Crippen molar-refractivity contribution in [2.75, 3.05) is 25.1 Å². The summed E-state index contributed by atoms with van der Waals surface area (Å²) in [6.07, 6.45) is 3.10. The number of fused-ring (bicyclic) bond motifs is 1. The van der Waals surface area contributed by atoms with Crippen LogP contribution in [0.2, 0.25) is 0 Å². The Kier molecular flexibility index (Phi) is 4.10. The first kappa shape index (κ1) is 17.8. The van der Waals surface area contributed by atoms with Crippen LogP contribution in [0, 0.1) is 11.7 Å². The molecule has 27 heavy (non-hydrogen) atoms. The Morgan fingerprint density at radius 2 is 2.07 bits per heavy atom. The maximum absolute atomic E-state index is 15.1. The quantitative estimate of drug-likeness (QED) is 0.848. The predicted octanol–water partition coefficient (Wildman–Crippen LogP) is 1.97. The first-order valence-corrected chi connectivity index (χ1v) is 9.02. The maximum atomic E-state index is 15.1. The molecule has 3 N–H and O–H groups in total. The van der Waals surface area contributed by atoms with Crippen molar-refractivity contribution in [3.05, 3.63) is 33.9 Å². The van der Waals surface area contributed by atoms with E-state index in [9.17, 15) is 14.7 Å². The Balaban J connectivity index is 2.04. The molecule has 2 aliphatic rings. The Bertz CT molecular complexity index is 989. The van der Waals surface area contributed by atoms with E-state index in [0.29, 0.717) is 18.6 Å². The largest absolute Gasteiger partial charge is 0.492 e. The van der Waals surface area contributed by atoms with E-state index in [1.54, 1.807) is 4.57 Å². The van der Waals surface area contributed by atoms with Crippen LogP contribution in [0.5, 0.6) is 5.75 Å². The number of halogens is 1. The molecule has 1 aliphatic carbocycles. The number of carboxylic acid groups (broad SMARTS) is 1. The molecule has 1 aromatic heterocycles. The van der Waals surface area contributed by atoms with Crippen LogP contribution >= 0.6 is 0 Å². The molecule has 8 heteroatoms. The van der Waals surface area contributed by atoms with Gasteiger partial charge in [-0.25, -0.2) is 9.18 Å². The Labute approximate surface area is 155 Å². The van der Waals surface area contributed by atoms with Crippen molar-refractivity contribution in [1.29, 1.82) is 0 Å². The number of ether oxygens (including phenoxy) is 1. The smallest absolute Gasteiger partial charge is 0.341 e. The lowest BCUT2D eigenvalue weighted by Gasteiger charge is -2.24. The number of aromatic carboxylic acids is 1. The molecule has 0 bridgehead atoms. The van der Waals surface area contributed by atoms with E-state index in [2.05, 4.69) is 0 Å². The molecule has 2 fully saturated rings. The first-order chi connectivity index (χ1) is 12.8. The normalized spacial score (nSPS) is 22.4. The van der Waals surface area contributed by atoms with E-state index in [1.807, 2.05) is 11.8 Å². The number of nitrogens with zero attached hydrogens (tertiary/aromatic N) is 2. The number of pyridine rings is 1. The van der Waals surface area contributed by atoms with Crippen LogP contribution in [0.4, 0.5) is 10.1 Å². The summed E-state index contributed by atoms with van der Waals surface area (Å²) >= 11 is 0. The van der Waals surface area contributed by atoms with Crippen molar-refractivity contribution in [2.24, 2.45) is 11.7 Å². The molecule has 1 aromatic carbocycles. The fraction of sp³-hybridized carbons (Fsp3) is 0.474. The van der Waals surface area contributed by atoms with Gasteiger partial charge in [0.1, 0.15) is 11.3 Å². The third kappa shape index (κ3) is 2.75. The molecule has 0 spiro atoms. The molecule has 0 radical (unpaired) electrons. The molecule has 2 aromatic rings. The van der Waals surface area contributed by atoms with Gasteiger partial charge < -0.3 is 25.0 Å². The molecule has 2 heterocycles. The minimum absolute atomic E-state index is 0.0245. The topological polar surface area (TPSA) is 97.8 Å². The van der Waals surface area contributed by atoms with E-state index in [-0.39, 0.29) is 40.4 Å². The molecule has 4 rings (SSSR count). The van der Waals surface area contributed by atoms with Crippen LogP contribution in [-0.2, 0) is 0 Å². The number of carboxylic acids is 1. The summed E-state index contributed by atoms with van der Waals surface area (Å²) in [5.74, 6) is -1.47. The fourth-order valence-electron chi connectivity index (χ4n) is 3.90. The van der Waals surface area contributed by atoms with Gasteiger partial charge in [0.25, 0.3) is 0 Å².